The quantitative estimate of drug-likeness (QED) is 0.595. The lowest BCUT2D eigenvalue weighted by molar-refractivity contribution is -0.171. The fourth-order valence-corrected chi connectivity index (χ4v) is 5.75. The fourth-order valence-electron chi connectivity index (χ4n) is 5.06. The highest BCUT2D eigenvalue weighted by Crippen LogP contribution is 2.64. The summed E-state index contributed by atoms with van der Waals surface area (Å²) < 4.78 is 5.29. The number of halogens is 1. The molecule has 24 heavy (non-hydrogen) atoms. The summed E-state index contributed by atoms with van der Waals surface area (Å²) in [6.07, 6.45) is 5.47. The van der Waals surface area contributed by atoms with Gasteiger partial charge in [-0.25, -0.2) is 0 Å². The van der Waals surface area contributed by atoms with Gasteiger partial charge in [0.1, 0.15) is 0 Å². The molecule has 4 aliphatic rings. The maximum atomic E-state index is 12.7. The zero-order chi connectivity index (χ0) is 17.5. The molecule has 0 heterocycles. The Hall–Kier alpha value is -1.30. The minimum absolute atomic E-state index is 0.0938. The molecule has 0 radical (unpaired) electrons. The third-order valence-electron chi connectivity index (χ3n) is 5.69. The van der Waals surface area contributed by atoms with Crippen LogP contribution in [-0.4, -0.2) is 54.8 Å². The van der Waals surface area contributed by atoms with Gasteiger partial charge in [0, 0.05) is 19.0 Å². The van der Waals surface area contributed by atoms with Crippen LogP contribution in [0.15, 0.2) is 0 Å². The summed E-state index contributed by atoms with van der Waals surface area (Å²) in [5, 5.41) is 2.47. The van der Waals surface area contributed by atoms with Crippen molar-refractivity contribution in [1.82, 2.24) is 10.2 Å². The van der Waals surface area contributed by atoms with E-state index in [1.165, 1.54) is 4.90 Å². The molecule has 0 aromatic rings. The zero-order valence-electron chi connectivity index (χ0n) is 14.3. The number of ether oxygens (including phenoxy) is 1. The Morgan fingerprint density at radius 3 is 2.33 bits per heavy atom. The molecule has 0 saturated heterocycles. The van der Waals surface area contributed by atoms with Gasteiger partial charge in [0.05, 0.1) is 12.0 Å². The second-order valence-corrected chi connectivity index (χ2v) is 8.84. The molecule has 0 unspecified atom stereocenters. The molecule has 4 aliphatic carbocycles. The van der Waals surface area contributed by atoms with E-state index in [0.29, 0.717) is 18.3 Å². The highest BCUT2D eigenvalue weighted by Gasteiger charge is 2.60. The molecule has 0 aliphatic heterocycles. The summed E-state index contributed by atoms with van der Waals surface area (Å²) in [5.74, 6) is 0.0464. The number of likely N-dealkylation sites (N-methyl/N-ethyl adjacent to an activating group) is 1. The second-order valence-electron chi connectivity index (χ2n) is 8.03. The van der Waals surface area contributed by atoms with Gasteiger partial charge in [0.2, 0.25) is 5.91 Å². The molecule has 4 bridgehead atoms. The Labute approximate surface area is 147 Å². The van der Waals surface area contributed by atoms with Gasteiger partial charge in [0.25, 0.3) is 5.91 Å². The van der Waals surface area contributed by atoms with Crippen LogP contribution in [0.1, 0.15) is 38.5 Å². The number of nitrogens with zero attached hydrogens (tertiary/aromatic N) is 1. The third-order valence-corrected chi connectivity index (χ3v) is 6.13. The SMILES string of the molecule is CN(C)C(=O)CNC(=O)COC(=O)C12C[C@@H]3C[C@H](CC(Cl)(C3)C1)C2. The number of hydrogen-bond donors (Lipinski definition) is 1. The van der Waals surface area contributed by atoms with E-state index in [0.717, 1.165) is 32.1 Å². The lowest BCUT2D eigenvalue weighted by atomic mass is 9.49. The molecule has 6 nitrogen and oxygen atoms in total. The summed E-state index contributed by atoms with van der Waals surface area (Å²) in [6.45, 7) is -0.435. The average molecular weight is 357 g/mol. The van der Waals surface area contributed by atoms with E-state index in [1.54, 1.807) is 14.1 Å². The standard InChI is InChI=1S/C17H25ClN2O4/c1-20(2)14(22)8-19-13(21)9-24-15(23)16-4-11-3-12(5-16)7-17(18,6-11)10-16/h11-12H,3-10H2,1-2H3,(H,19,21)/t11-,12-,16?,17?/m0/s1. The van der Waals surface area contributed by atoms with Crippen LogP contribution in [-0.2, 0) is 19.1 Å². The highest BCUT2D eigenvalue weighted by atomic mass is 35.5. The van der Waals surface area contributed by atoms with Crippen molar-refractivity contribution in [3.8, 4) is 0 Å². The fraction of sp³-hybridized carbons (Fsp3) is 0.824. The summed E-state index contributed by atoms with van der Waals surface area (Å²) in [7, 11) is 3.23. The lowest BCUT2D eigenvalue weighted by Gasteiger charge is -2.58. The predicted octanol–water partition coefficient (Wildman–Crippen LogP) is 1.31. The number of carbonyl (C=O) groups excluding carboxylic acids is 3. The maximum absolute atomic E-state index is 12.7. The molecule has 4 saturated carbocycles. The van der Waals surface area contributed by atoms with Crippen LogP contribution in [0.5, 0.6) is 0 Å². The van der Waals surface area contributed by atoms with Gasteiger partial charge in [-0.1, -0.05) is 0 Å². The van der Waals surface area contributed by atoms with Crippen LogP contribution in [0.4, 0.5) is 0 Å². The second kappa shape index (κ2) is 6.21. The Bertz CT molecular complexity index is 549. The molecule has 7 heteroatoms. The molecule has 4 fully saturated rings. The van der Waals surface area contributed by atoms with Crippen LogP contribution in [0.2, 0.25) is 0 Å². The van der Waals surface area contributed by atoms with E-state index < -0.39 is 11.3 Å². The topological polar surface area (TPSA) is 75.7 Å². The van der Waals surface area contributed by atoms with Gasteiger partial charge in [-0.3, -0.25) is 14.4 Å². The average Bonchev–Trinajstić information content (AvgIpc) is 2.47. The van der Waals surface area contributed by atoms with E-state index in [1.807, 2.05) is 0 Å². The van der Waals surface area contributed by atoms with Crippen LogP contribution >= 0.6 is 11.6 Å². The number of carbonyl (C=O) groups is 3. The molecular weight excluding hydrogens is 332 g/mol. The van der Waals surface area contributed by atoms with Crippen molar-refractivity contribution in [3.05, 3.63) is 0 Å². The first kappa shape index (κ1) is 17.5. The monoisotopic (exact) mass is 356 g/mol. The van der Waals surface area contributed by atoms with E-state index in [9.17, 15) is 14.4 Å². The molecule has 0 spiro atoms. The number of alkyl halides is 1. The van der Waals surface area contributed by atoms with E-state index in [2.05, 4.69) is 5.32 Å². The van der Waals surface area contributed by atoms with Crippen LogP contribution in [0.25, 0.3) is 0 Å². The van der Waals surface area contributed by atoms with Crippen molar-refractivity contribution in [2.45, 2.75) is 43.4 Å². The number of esters is 1. The molecule has 4 rings (SSSR count). The summed E-state index contributed by atoms with van der Waals surface area (Å²) in [5.41, 5.74) is -0.508. The van der Waals surface area contributed by atoms with Gasteiger partial charge in [-0.2, -0.15) is 0 Å². The molecule has 0 aromatic heterocycles. The van der Waals surface area contributed by atoms with Gasteiger partial charge >= 0.3 is 5.97 Å². The molecular formula is C17H25ClN2O4. The van der Waals surface area contributed by atoms with E-state index >= 15 is 0 Å². The van der Waals surface area contributed by atoms with Crippen molar-refractivity contribution in [2.75, 3.05) is 27.2 Å². The third kappa shape index (κ3) is 3.39. The molecule has 134 valence electrons. The summed E-state index contributed by atoms with van der Waals surface area (Å²) in [6, 6.07) is 0. The van der Waals surface area contributed by atoms with E-state index in [4.69, 9.17) is 16.3 Å². The number of amides is 2. The van der Waals surface area contributed by atoms with Crippen molar-refractivity contribution in [2.24, 2.45) is 17.3 Å². The Morgan fingerprint density at radius 2 is 1.79 bits per heavy atom. The van der Waals surface area contributed by atoms with Crippen LogP contribution < -0.4 is 5.32 Å². The summed E-state index contributed by atoms with van der Waals surface area (Å²) in [4.78, 5) is 37.0. The van der Waals surface area contributed by atoms with Gasteiger partial charge in [-0.15, -0.1) is 11.6 Å². The normalized spacial score (nSPS) is 36.3. The van der Waals surface area contributed by atoms with E-state index in [-0.39, 0.29) is 29.9 Å². The first-order valence-electron chi connectivity index (χ1n) is 8.54. The molecule has 0 aromatic carbocycles. The Balaban J connectivity index is 1.52. The maximum Gasteiger partial charge on any atom is 0.312 e. The van der Waals surface area contributed by atoms with Crippen LogP contribution in [0.3, 0.4) is 0 Å². The lowest BCUT2D eigenvalue weighted by Crippen LogP contribution is -2.56. The highest BCUT2D eigenvalue weighted by molar-refractivity contribution is 6.24. The summed E-state index contributed by atoms with van der Waals surface area (Å²) >= 11 is 6.71. The van der Waals surface area contributed by atoms with Crippen molar-refractivity contribution in [3.63, 3.8) is 0 Å². The number of nitrogens with one attached hydrogen (secondary N) is 1. The van der Waals surface area contributed by atoms with Crippen molar-refractivity contribution < 1.29 is 19.1 Å². The minimum atomic E-state index is -0.508. The first-order chi connectivity index (χ1) is 11.2. The number of rotatable bonds is 5. The first-order valence-corrected chi connectivity index (χ1v) is 8.92. The minimum Gasteiger partial charge on any atom is -0.455 e. The van der Waals surface area contributed by atoms with Gasteiger partial charge in [-0.05, 0) is 50.4 Å². The van der Waals surface area contributed by atoms with Crippen molar-refractivity contribution in [1.29, 1.82) is 0 Å². The molecule has 2 atom stereocenters. The zero-order valence-corrected chi connectivity index (χ0v) is 15.0. The van der Waals surface area contributed by atoms with Crippen molar-refractivity contribution >= 4 is 29.4 Å². The van der Waals surface area contributed by atoms with Crippen LogP contribution in [0, 0.1) is 17.3 Å². The van der Waals surface area contributed by atoms with Gasteiger partial charge in [0.15, 0.2) is 6.61 Å². The Morgan fingerprint density at radius 1 is 1.17 bits per heavy atom. The Kier molecular flexibility index (Phi) is 4.53. The van der Waals surface area contributed by atoms with Gasteiger partial charge < -0.3 is 15.0 Å². The molecule has 2 amide bonds. The smallest absolute Gasteiger partial charge is 0.312 e. The number of hydrogen-bond acceptors (Lipinski definition) is 4. The largest absolute Gasteiger partial charge is 0.455 e. The molecule has 1 N–H and O–H groups in total. The predicted molar refractivity (Wildman–Crippen MR) is 88.4 cm³/mol.